The van der Waals surface area contributed by atoms with Gasteiger partial charge in [0.05, 0.1) is 0 Å². The van der Waals surface area contributed by atoms with Crippen LogP contribution in [0.2, 0.25) is 0 Å². The van der Waals surface area contributed by atoms with E-state index in [9.17, 15) is 14.7 Å². The SMILES string of the molecule is Cc1cc(N2CCC(C)C2)cc2oc(C(=O)N3CC4CN(c5cccc(C(=O)O)n5)CC4C3)nc12. The molecule has 1 amide bonds. The predicted octanol–water partition coefficient (Wildman–Crippen LogP) is 3.28. The third kappa shape index (κ3) is 3.88. The zero-order chi connectivity index (χ0) is 24.3. The maximum atomic E-state index is 13.3. The van der Waals surface area contributed by atoms with Crippen LogP contribution in [0.15, 0.2) is 34.7 Å². The summed E-state index contributed by atoms with van der Waals surface area (Å²) in [5, 5.41) is 9.23. The number of aromatic nitrogens is 2. The Balaban J connectivity index is 1.16. The normalized spacial score (nSPS) is 23.9. The molecule has 1 aromatic carbocycles. The molecular weight excluding hydrogens is 446 g/mol. The third-order valence-corrected chi connectivity index (χ3v) is 7.69. The molecule has 3 atom stereocenters. The highest BCUT2D eigenvalue weighted by Crippen LogP contribution is 2.35. The van der Waals surface area contributed by atoms with Crippen LogP contribution in [0.25, 0.3) is 11.1 Å². The molecule has 5 heterocycles. The molecular formula is C26H29N5O4. The molecule has 0 bridgehead atoms. The van der Waals surface area contributed by atoms with E-state index in [4.69, 9.17) is 4.42 Å². The molecule has 9 heteroatoms. The molecule has 1 N–H and O–H groups in total. The average Bonchev–Trinajstić information content (AvgIpc) is 3.61. The van der Waals surface area contributed by atoms with E-state index in [1.165, 1.54) is 12.5 Å². The highest BCUT2D eigenvalue weighted by molar-refractivity contribution is 5.94. The number of benzene rings is 1. The number of aryl methyl sites for hydroxylation is 1. The number of fused-ring (bicyclic) bond motifs is 2. The minimum absolute atomic E-state index is 0.0463. The van der Waals surface area contributed by atoms with Crippen LogP contribution in [0, 0.1) is 24.7 Å². The first-order valence-electron chi connectivity index (χ1n) is 12.3. The van der Waals surface area contributed by atoms with Crippen LogP contribution in [0.4, 0.5) is 11.5 Å². The molecule has 182 valence electrons. The van der Waals surface area contributed by atoms with Crippen LogP contribution in [-0.2, 0) is 0 Å². The zero-order valence-electron chi connectivity index (χ0n) is 20.0. The van der Waals surface area contributed by atoms with Gasteiger partial charge in [-0.2, -0.15) is 0 Å². The zero-order valence-corrected chi connectivity index (χ0v) is 20.0. The monoisotopic (exact) mass is 475 g/mol. The summed E-state index contributed by atoms with van der Waals surface area (Å²) in [6.07, 6.45) is 1.19. The highest BCUT2D eigenvalue weighted by Gasteiger charge is 2.43. The van der Waals surface area contributed by atoms with Gasteiger partial charge in [0.15, 0.2) is 11.3 Å². The molecule has 3 unspecified atom stereocenters. The smallest absolute Gasteiger partial charge is 0.354 e. The Labute approximate surface area is 203 Å². The number of aromatic carboxylic acids is 1. The van der Waals surface area contributed by atoms with Crippen LogP contribution in [0.5, 0.6) is 0 Å². The summed E-state index contributed by atoms with van der Waals surface area (Å²) in [6, 6.07) is 9.22. The van der Waals surface area contributed by atoms with E-state index >= 15 is 0 Å². The lowest BCUT2D eigenvalue weighted by atomic mass is 10.0. The number of hydrogen-bond donors (Lipinski definition) is 1. The topological polar surface area (TPSA) is 103 Å². The quantitative estimate of drug-likeness (QED) is 0.613. The van der Waals surface area contributed by atoms with E-state index in [0.717, 1.165) is 42.9 Å². The van der Waals surface area contributed by atoms with Crippen molar-refractivity contribution in [3.63, 3.8) is 0 Å². The molecule has 0 aliphatic carbocycles. The fourth-order valence-electron chi connectivity index (χ4n) is 5.82. The van der Waals surface area contributed by atoms with Gasteiger partial charge in [0.2, 0.25) is 0 Å². The minimum Gasteiger partial charge on any atom is -0.477 e. The standard InChI is InChI=1S/C26H29N5O4/c1-15-6-7-29(10-15)19-8-16(2)23-21(9-19)35-24(28-23)25(32)31-13-17-11-30(12-18(17)14-31)22-5-3-4-20(27-22)26(33)34/h3-5,8-9,15,17-18H,6-7,10-14H2,1-2H3,(H,33,34). The van der Waals surface area contributed by atoms with Crippen molar-refractivity contribution in [2.75, 3.05) is 49.1 Å². The Kier molecular flexibility index (Phi) is 5.16. The molecule has 3 aliphatic rings. The second-order valence-electron chi connectivity index (χ2n) is 10.3. The van der Waals surface area contributed by atoms with Crippen LogP contribution >= 0.6 is 0 Å². The Hall–Kier alpha value is -3.62. The Bertz CT molecular complexity index is 1310. The van der Waals surface area contributed by atoms with E-state index in [1.807, 2.05) is 24.0 Å². The molecule has 3 saturated heterocycles. The van der Waals surface area contributed by atoms with Gasteiger partial charge in [-0.15, -0.1) is 0 Å². The molecule has 2 aromatic heterocycles. The molecule has 3 fully saturated rings. The first-order valence-corrected chi connectivity index (χ1v) is 12.3. The van der Waals surface area contributed by atoms with Crippen LogP contribution in [0.1, 0.15) is 40.1 Å². The van der Waals surface area contributed by atoms with Gasteiger partial charge >= 0.3 is 11.9 Å². The molecule has 0 spiro atoms. The van der Waals surface area contributed by atoms with Gasteiger partial charge in [0.25, 0.3) is 5.89 Å². The molecule has 6 rings (SSSR count). The number of amides is 1. The molecule has 0 saturated carbocycles. The largest absolute Gasteiger partial charge is 0.477 e. The van der Waals surface area contributed by atoms with Crippen molar-refractivity contribution in [2.24, 2.45) is 17.8 Å². The van der Waals surface area contributed by atoms with E-state index < -0.39 is 5.97 Å². The van der Waals surface area contributed by atoms with E-state index in [2.05, 4.69) is 32.8 Å². The van der Waals surface area contributed by atoms with Crippen molar-refractivity contribution in [3.8, 4) is 0 Å². The summed E-state index contributed by atoms with van der Waals surface area (Å²) in [5.74, 6) is 0.939. The fraction of sp³-hybridized carbons (Fsp3) is 0.462. The Morgan fingerprint density at radius 2 is 1.80 bits per heavy atom. The molecule has 35 heavy (non-hydrogen) atoms. The van der Waals surface area contributed by atoms with Gasteiger partial charge in [-0.1, -0.05) is 13.0 Å². The third-order valence-electron chi connectivity index (χ3n) is 7.69. The number of hydrogen-bond acceptors (Lipinski definition) is 7. The summed E-state index contributed by atoms with van der Waals surface area (Å²) in [5.41, 5.74) is 3.61. The average molecular weight is 476 g/mol. The fourth-order valence-corrected chi connectivity index (χ4v) is 5.82. The van der Waals surface area contributed by atoms with Crippen molar-refractivity contribution in [2.45, 2.75) is 20.3 Å². The van der Waals surface area contributed by atoms with Gasteiger partial charge in [0, 0.05) is 62.9 Å². The van der Waals surface area contributed by atoms with Crippen molar-refractivity contribution in [3.05, 3.63) is 47.5 Å². The summed E-state index contributed by atoms with van der Waals surface area (Å²) in [7, 11) is 0. The first-order chi connectivity index (χ1) is 16.9. The maximum Gasteiger partial charge on any atom is 0.354 e. The summed E-state index contributed by atoms with van der Waals surface area (Å²) < 4.78 is 5.99. The number of nitrogens with zero attached hydrogens (tertiary/aromatic N) is 5. The van der Waals surface area contributed by atoms with Crippen molar-refractivity contribution in [1.29, 1.82) is 0 Å². The molecule has 0 radical (unpaired) electrons. The number of oxazole rings is 1. The molecule has 3 aliphatic heterocycles. The minimum atomic E-state index is -1.03. The van der Waals surface area contributed by atoms with Crippen molar-refractivity contribution < 1.29 is 19.1 Å². The van der Waals surface area contributed by atoms with E-state index in [0.29, 0.717) is 42.2 Å². The van der Waals surface area contributed by atoms with Crippen LogP contribution in [0.3, 0.4) is 0 Å². The van der Waals surface area contributed by atoms with Gasteiger partial charge in [-0.25, -0.2) is 14.8 Å². The number of carboxylic acids is 1. The summed E-state index contributed by atoms with van der Waals surface area (Å²) >= 11 is 0. The van der Waals surface area contributed by atoms with Gasteiger partial charge in [0.1, 0.15) is 11.3 Å². The maximum absolute atomic E-state index is 13.3. The lowest BCUT2D eigenvalue weighted by Gasteiger charge is -2.21. The summed E-state index contributed by atoms with van der Waals surface area (Å²) in [4.78, 5) is 39.7. The predicted molar refractivity (Wildman–Crippen MR) is 131 cm³/mol. The lowest BCUT2D eigenvalue weighted by Crippen LogP contribution is -2.33. The van der Waals surface area contributed by atoms with Gasteiger partial charge in [-0.3, -0.25) is 4.79 Å². The van der Waals surface area contributed by atoms with Gasteiger partial charge < -0.3 is 24.2 Å². The van der Waals surface area contributed by atoms with Gasteiger partial charge in [-0.05, 0) is 43.0 Å². The highest BCUT2D eigenvalue weighted by atomic mass is 16.4. The number of likely N-dealkylation sites (tertiary alicyclic amines) is 1. The second-order valence-corrected chi connectivity index (χ2v) is 10.3. The Morgan fingerprint density at radius 3 is 2.49 bits per heavy atom. The van der Waals surface area contributed by atoms with Crippen LogP contribution < -0.4 is 9.80 Å². The second kappa shape index (κ2) is 8.25. The first kappa shape index (κ1) is 21.9. The number of anilines is 2. The summed E-state index contributed by atoms with van der Waals surface area (Å²) in [6.45, 7) is 9.11. The molecule has 3 aromatic rings. The van der Waals surface area contributed by atoms with Crippen molar-refractivity contribution in [1.82, 2.24) is 14.9 Å². The number of carbonyl (C=O) groups is 2. The number of carbonyl (C=O) groups excluding carboxylic acids is 1. The number of rotatable bonds is 4. The van der Waals surface area contributed by atoms with E-state index in [-0.39, 0.29) is 17.5 Å². The van der Waals surface area contributed by atoms with E-state index in [1.54, 1.807) is 6.07 Å². The number of pyridine rings is 1. The number of carboxylic acid groups (broad SMARTS) is 1. The van der Waals surface area contributed by atoms with Crippen molar-refractivity contribution >= 4 is 34.5 Å². The van der Waals surface area contributed by atoms with Crippen LogP contribution in [-0.4, -0.2) is 71.1 Å². The lowest BCUT2D eigenvalue weighted by molar-refractivity contribution is 0.0689. The Morgan fingerprint density at radius 1 is 1.03 bits per heavy atom. The molecule has 9 nitrogen and oxygen atoms in total.